The normalized spacial score (nSPS) is 11.1. The SMILES string of the molecule is COc1ccc(-n2cnnc2SCC(=O)Nc2nc3c(ccc4ccccc43)s2)cc1. The average molecular weight is 448 g/mol. The van der Waals surface area contributed by atoms with Gasteiger partial charge in [0.25, 0.3) is 0 Å². The lowest BCUT2D eigenvalue weighted by Crippen LogP contribution is -2.14. The molecule has 0 saturated carbocycles. The summed E-state index contributed by atoms with van der Waals surface area (Å²) in [6, 6.07) is 19.8. The molecule has 0 radical (unpaired) electrons. The summed E-state index contributed by atoms with van der Waals surface area (Å²) < 4.78 is 8.07. The summed E-state index contributed by atoms with van der Waals surface area (Å²) in [6.45, 7) is 0. The highest BCUT2D eigenvalue weighted by Gasteiger charge is 2.13. The minimum Gasteiger partial charge on any atom is -0.497 e. The van der Waals surface area contributed by atoms with E-state index in [-0.39, 0.29) is 11.7 Å². The van der Waals surface area contributed by atoms with Crippen LogP contribution in [0.2, 0.25) is 0 Å². The van der Waals surface area contributed by atoms with Crippen LogP contribution in [0.4, 0.5) is 5.13 Å². The molecule has 5 aromatic rings. The third kappa shape index (κ3) is 3.97. The number of fused-ring (bicyclic) bond motifs is 3. The molecule has 31 heavy (non-hydrogen) atoms. The lowest BCUT2D eigenvalue weighted by Gasteiger charge is -2.07. The van der Waals surface area contributed by atoms with E-state index >= 15 is 0 Å². The molecule has 0 spiro atoms. The third-order valence-corrected chi connectivity index (χ3v) is 6.61. The Morgan fingerprint density at radius 1 is 1.13 bits per heavy atom. The van der Waals surface area contributed by atoms with Crippen molar-refractivity contribution < 1.29 is 9.53 Å². The number of ether oxygens (including phenoxy) is 1. The van der Waals surface area contributed by atoms with E-state index in [4.69, 9.17) is 4.74 Å². The van der Waals surface area contributed by atoms with Gasteiger partial charge < -0.3 is 10.1 Å². The molecule has 0 fully saturated rings. The lowest BCUT2D eigenvalue weighted by atomic mass is 10.1. The number of anilines is 1. The van der Waals surface area contributed by atoms with E-state index in [9.17, 15) is 4.79 Å². The van der Waals surface area contributed by atoms with Crippen LogP contribution in [-0.2, 0) is 4.79 Å². The van der Waals surface area contributed by atoms with Crippen molar-refractivity contribution in [3.8, 4) is 11.4 Å². The third-order valence-electron chi connectivity index (χ3n) is 4.73. The van der Waals surface area contributed by atoms with Gasteiger partial charge in [-0.05, 0) is 35.7 Å². The predicted octanol–water partition coefficient (Wildman–Crippen LogP) is 4.77. The van der Waals surface area contributed by atoms with Crippen molar-refractivity contribution in [2.75, 3.05) is 18.2 Å². The fraction of sp³-hybridized carbons (Fsp3) is 0.0909. The van der Waals surface area contributed by atoms with Crippen LogP contribution in [0.3, 0.4) is 0 Å². The number of amides is 1. The van der Waals surface area contributed by atoms with E-state index in [2.05, 4.69) is 32.6 Å². The van der Waals surface area contributed by atoms with Crippen molar-refractivity contribution in [3.63, 3.8) is 0 Å². The van der Waals surface area contributed by atoms with Crippen molar-refractivity contribution in [3.05, 3.63) is 67.0 Å². The van der Waals surface area contributed by atoms with Crippen molar-refractivity contribution in [1.29, 1.82) is 0 Å². The number of carbonyl (C=O) groups excluding carboxylic acids is 1. The number of rotatable bonds is 6. The Hall–Kier alpha value is -3.43. The predicted molar refractivity (Wildman–Crippen MR) is 124 cm³/mol. The van der Waals surface area contributed by atoms with Crippen LogP contribution in [0.15, 0.2) is 72.1 Å². The Kier molecular flexibility index (Phi) is 5.27. The number of thiazole rings is 1. The molecule has 3 aromatic carbocycles. The summed E-state index contributed by atoms with van der Waals surface area (Å²) in [7, 11) is 1.63. The molecule has 0 saturated heterocycles. The van der Waals surface area contributed by atoms with E-state index < -0.39 is 0 Å². The first-order valence-electron chi connectivity index (χ1n) is 9.46. The molecule has 0 atom stereocenters. The van der Waals surface area contributed by atoms with Crippen molar-refractivity contribution in [1.82, 2.24) is 19.7 Å². The fourth-order valence-corrected chi connectivity index (χ4v) is 4.87. The quantitative estimate of drug-likeness (QED) is 0.378. The number of hydrogen-bond donors (Lipinski definition) is 1. The molecule has 0 unspecified atom stereocenters. The number of nitrogens with one attached hydrogen (secondary N) is 1. The molecule has 1 N–H and O–H groups in total. The standard InChI is InChI=1S/C22H17N5O2S2/c1-29-16-9-7-15(8-10-16)27-13-23-26-22(27)30-12-19(28)24-21-25-20-17-5-3-2-4-14(17)6-11-18(20)31-21/h2-11,13H,12H2,1H3,(H,24,25,28). The molecule has 5 rings (SSSR count). The van der Waals surface area contributed by atoms with Crippen LogP contribution < -0.4 is 10.1 Å². The van der Waals surface area contributed by atoms with E-state index in [0.29, 0.717) is 10.3 Å². The first-order valence-corrected chi connectivity index (χ1v) is 11.3. The van der Waals surface area contributed by atoms with Crippen LogP contribution >= 0.6 is 23.1 Å². The van der Waals surface area contributed by atoms with Gasteiger partial charge in [-0.2, -0.15) is 0 Å². The molecule has 154 valence electrons. The number of carbonyl (C=O) groups is 1. The number of hydrogen-bond acceptors (Lipinski definition) is 7. The highest BCUT2D eigenvalue weighted by molar-refractivity contribution is 7.99. The zero-order valence-electron chi connectivity index (χ0n) is 16.5. The van der Waals surface area contributed by atoms with Gasteiger partial charge in [-0.15, -0.1) is 10.2 Å². The molecular weight excluding hydrogens is 430 g/mol. The van der Waals surface area contributed by atoms with Gasteiger partial charge >= 0.3 is 0 Å². The van der Waals surface area contributed by atoms with Crippen molar-refractivity contribution in [2.45, 2.75) is 5.16 Å². The number of thioether (sulfide) groups is 1. The molecule has 7 nitrogen and oxygen atoms in total. The molecular formula is C22H17N5O2S2. The Balaban J connectivity index is 1.29. The maximum absolute atomic E-state index is 12.5. The molecule has 0 bridgehead atoms. The van der Waals surface area contributed by atoms with E-state index in [0.717, 1.165) is 32.4 Å². The van der Waals surface area contributed by atoms with Gasteiger partial charge in [-0.3, -0.25) is 9.36 Å². The minimum atomic E-state index is -0.141. The number of nitrogens with zero attached hydrogens (tertiary/aromatic N) is 4. The van der Waals surface area contributed by atoms with Gasteiger partial charge in [-0.1, -0.05) is 53.4 Å². The van der Waals surface area contributed by atoms with Gasteiger partial charge in [0.1, 0.15) is 12.1 Å². The molecule has 2 heterocycles. The second kappa shape index (κ2) is 8.37. The first kappa shape index (κ1) is 19.5. The molecule has 0 aliphatic carbocycles. The average Bonchev–Trinajstić information content (AvgIpc) is 3.44. The van der Waals surface area contributed by atoms with Crippen LogP contribution in [-0.4, -0.2) is 38.5 Å². The number of methoxy groups -OCH3 is 1. The second-order valence-electron chi connectivity index (χ2n) is 6.67. The summed E-state index contributed by atoms with van der Waals surface area (Å²) in [4.78, 5) is 17.2. The Labute approximate surface area is 186 Å². The summed E-state index contributed by atoms with van der Waals surface area (Å²) in [6.07, 6.45) is 1.63. The van der Waals surface area contributed by atoms with Crippen LogP contribution in [0, 0.1) is 0 Å². The number of benzene rings is 3. The highest BCUT2D eigenvalue weighted by atomic mass is 32.2. The van der Waals surface area contributed by atoms with E-state index in [1.54, 1.807) is 13.4 Å². The zero-order chi connectivity index (χ0) is 21.2. The summed E-state index contributed by atoms with van der Waals surface area (Å²) >= 11 is 2.79. The summed E-state index contributed by atoms with van der Waals surface area (Å²) in [5.41, 5.74) is 1.80. The van der Waals surface area contributed by atoms with Crippen LogP contribution in [0.25, 0.3) is 26.7 Å². The van der Waals surface area contributed by atoms with E-state index in [1.165, 1.54) is 23.1 Å². The van der Waals surface area contributed by atoms with Gasteiger partial charge in [0.05, 0.1) is 23.1 Å². The summed E-state index contributed by atoms with van der Waals surface area (Å²) in [5.74, 6) is 0.831. The molecule has 2 aromatic heterocycles. The summed E-state index contributed by atoms with van der Waals surface area (Å²) in [5, 5.41) is 14.5. The first-order chi connectivity index (χ1) is 15.2. The molecule has 0 aliphatic heterocycles. The van der Waals surface area contributed by atoms with E-state index in [1.807, 2.05) is 53.1 Å². The Morgan fingerprint density at radius 3 is 2.81 bits per heavy atom. The van der Waals surface area contributed by atoms with Gasteiger partial charge in [0.2, 0.25) is 5.91 Å². The molecule has 0 aliphatic rings. The maximum Gasteiger partial charge on any atom is 0.236 e. The fourth-order valence-electron chi connectivity index (χ4n) is 3.24. The minimum absolute atomic E-state index is 0.141. The van der Waals surface area contributed by atoms with Gasteiger partial charge in [-0.25, -0.2) is 4.98 Å². The van der Waals surface area contributed by atoms with Crippen molar-refractivity contribution >= 4 is 55.1 Å². The largest absolute Gasteiger partial charge is 0.497 e. The lowest BCUT2D eigenvalue weighted by molar-refractivity contribution is -0.113. The van der Waals surface area contributed by atoms with Gasteiger partial charge in [0, 0.05) is 11.1 Å². The topological polar surface area (TPSA) is 81.9 Å². The zero-order valence-corrected chi connectivity index (χ0v) is 18.1. The number of aromatic nitrogens is 4. The second-order valence-corrected chi connectivity index (χ2v) is 8.64. The highest BCUT2D eigenvalue weighted by Crippen LogP contribution is 2.32. The van der Waals surface area contributed by atoms with Gasteiger partial charge in [0.15, 0.2) is 10.3 Å². The smallest absolute Gasteiger partial charge is 0.236 e. The Morgan fingerprint density at radius 2 is 1.97 bits per heavy atom. The van der Waals surface area contributed by atoms with Crippen LogP contribution in [0.1, 0.15) is 0 Å². The van der Waals surface area contributed by atoms with Crippen molar-refractivity contribution in [2.24, 2.45) is 0 Å². The molecule has 1 amide bonds. The Bertz CT molecular complexity index is 1380. The maximum atomic E-state index is 12.5. The van der Waals surface area contributed by atoms with Crippen LogP contribution in [0.5, 0.6) is 5.75 Å². The molecule has 9 heteroatoms. The monoisotopic (exact) mass is 447 g/mol.